The third kappa shape index (κ3) is 1.94. The number of aliphatic hydroxyl groups excluding tert-OH is 1. The summed E-state index contributed by atoms with van der Waals surface area (Å²) >= 11 is 1.80. The van der Waals surface area contributed by atoms with Crippen molar-refractivity contribution in [1.82, 2.24) is 0 Å². The molecule has 1 heterocycles. The Kier molecular flexibility index (Phi) is 2.70. The fourth-order valence-electron chi connectivity index (χ4n) is 2.09. The van der Waals surface area contributed by atoms with Gasteiger partial charge in [-0.1, -0.05) is 12.8 Å². The minimum absolute atomic E-state index is 0.0909. The molecule has 2 heteroatoms. The lowest BCUT2D eigenvalue weighted by molar-refractivity contribution is 0.107. The smallest absolute Gasteiger partial charge is 0.0616 e. The SMILES string of the molecule is Cc1csc([C@@H]2CCCC[C@H]2O)c1. The van der Waals surface area contributed by atoms with E-state index < -0.39 is 0 Å². The first-order valence-corrected chi connectivity index (χ1v) is 5.88. The average molecular weight is 196 g/mol. The van der Waals surface area contributed by atoms with Gasteiger partial charge in [0.05, 0.1) is 6.10 Å². The zero-order valence-electron chi connectivity index (χ0n) is 7.99. The van der Waals surface area contributed by atoms with Gasteiger partial charge in [-0.2, -0.15) is 0 Å². The molecule has 1 nitrogen and oxygen atoms in total. The Morgan fingerprint density at radius 1 is 1.38 bits per heavy atom. The second-order valence-corrected chi connectivity index (χ2v) is 4.93. The first kappa shape index (κ1) is 9.22. The lowest BCUT2D eigenvalue weighted by Crippen LogP contribution is -2.21. The van der Waals surface area contributed by atoms with Gasteiger partial charge in [0.1, 0.15) is 0 Å². The van der Waals surface area contributed by atoms with Crippen LogP contribution >= 0.6 is 11.3 Å². The van der Waals surface area contributed by atoms with Gasteiger partial charge < -0.3 is 5.11 Å². The summed E-state index contributed by atoms with van der Waals surface area (Å²) in [5.74, 6) is 0.424. The molecular formula is C11H16OS. The van der Waals surface area contributed by atoms with Crippen molar-refractivity contribution < 1.29 is 5.11 Å². The molecule has 0 unspecified atom stereocenters. The van der Waals surface area contributed by atoms with E-state index in [1.165, 1.54) is 29.7 Å². The third-order valence-electron chi connectivity index (χ3n) is 2.85. The van der Waals surface area contributed by atoms with Crippen LogP contribution in [-0.2, 0) is 0 Å². The highest BCUT2D eigenvalue weighted by Gasteiger charge is 2.25. The molecule has 0 amide bonds. The van der Waals surface area contributed by atoms with Gasteiger partial charge in [0.2, 0.25) is 0 Å². The summed E-state index contributed by atoms with van der Waals surface area (Å²) in [5, 5.41) is 12.0. The van der Waals surface area contributed by atoms with E-state index in [1.807, 2.05) is 0 Å². The first-order valence-electron chi connectivity index (χ1n) is 5.00. The molecule has 1 aliphatic carbocycles. The van der Waals surface area contributed by atoms with Crippen LogP contribution in [0.5, 0.6) is 0 Å². The maximum absolute atomic E-state index is 9.84. The molecule has 0 aliphatic heterocycles. The zero-order chi connectivity index (χ0) is 9.26. The molecule has 0 bridgehead atoms. The molecule has 0 radical (unpaired) electrons. The highest BCUT2D eigenvalue weighted by Crippen LogP contribution is 2.35. The summed E-state index contributed by atoms with van der Waals surface area (Å²) in [7, 11) is 0. The summed E-state index contributed by atoms with van der Waals surface area (Å²) in [5.41, 5.74) is 1.33. The van der Waals surface area contributed by atoms with E-state index in [9.17, 15) is 5.11 Å². The Bertz CT molecular complexity index is 279. The van der Waals surface area contributed by atoms with Crippen LogP contribution in [-0.4, -0.2) is 11.2 Å². The van der Waals surface area contributed by atoms with E-state index >= 15 is 0 Å². The molecule has 1 aromatic heterocycles. The maximum atomic E-state index is 9.84. The number of hydrogen-bond acceptors (Lipinski definition) is 2. The van der Waals surface area contributed by atoms with Gasteiger partial charge in [0.25, 0.3) is 0 Å². The zero-order valence-corrected chi connectivity index (χ0v) is 8.81. The van der Waals surface area contributed by atoms with Crippen molar-refractivity contribution in [2.75, 3.05) is 0 Å². The fraction of sp³-hybridized carbons (Fsp3) is 0.636. The van der Waals surface area contributed by atoms with E-state index in [0.29, 0.717) is 5.92 Å². The van der Waals surface area contributed by atoms with E-state index in [1.54, 1.807) is 11.3 Å². The molecule has 2 atom stereocenters. The van der Waals surface area contributed by atoms with Gasteiger partial charge in [-0.05, 0) is 36.8 Å². The Morgan fingerprint density at radius 3 is 2.77 bits per heavy atom. The van der Waals surface area contributed by atoms with Gasteiger partial charge in [0, 0.05) is 10.8 Å². The number of aliphatic hydroxyl groups is 1. The Morgan fingerprint density at radius 2 is 2.15 bits per heavy atom. The van der Waals surface area contributed by atoms with Crippen LogP contribution in [0.25, 0.3) is 0 Å². The minimum Gasteiger partial charge on any atom is -0.392 e. The number of hydrogen-bond donors (Lipinski definition) is 1. The number of thiophene rings is 1. The molecule has 1 N–H and O–H groups in total. The van der Waals surface area contributed by atoms with Crippen molar-refractivity contribution in [2.24, 2.45) is 0 Å². The highest BCUT2D eigenvalue weighted by atomic mass is 32.1. The normalized spacial score (nSPS) is 29.1. The van der Waals surface area contributed by atoms with Gasteiger partial charge in [-0.25, -0.2) is 0 Å². The molecule has 1 aromatic rings. The predicted molar refractivity (Wildman–Crippen MR) is 56.3 cm³/mol. The molecule has 13 heavy (non-hydrogen) atoms. The van der Waals surface area contributed by atoms with Gasteiger partial charge >= 0.3 is 0 Å². The lowest BCUT2D eigenvalue weighted by atomic mass is 9.85. The van der Waals surface area contributed by atoms with Crippen LogP contribution in [0.3, 0.4) is 0 Å². The molecule has 0 spiro atoms. The predicted octanol–water partition coefficient (Wildman–Crippen LogP) is 3.08. The summed E-state index contributed by atoms with van der Waals surface area (Å²) in [6, 6.07) is 2.23. The summed E-state index contributed by atoms with van der Waals surface area (Å²) in [6.07, 6.45) is 4.54. The molecule has 0 saturated heterocycles. The van der Waals surface area contributed by atoms with Crippen molar-refractivity contribution in [2.45, 2.75) is 44.6 Å². The van der Waals surface area contributed by atoms with Crippen LogP contribution < -0.4 is 0 Å². The summed E-state index contributed by atoms with van der Waals surface area (Å²) in [4.78, 5) is 1.38. The van der Waals surface area contributed by atoms with Crippen molar-refractivity contribution in [3.8, 4) is 0 Å². The maximum Gasteiger partial charge on any atom is 0.0616 e. The number of rotatable bonds is 1. The van der Waals surface area contributed by atoms with E-state index in [0.717, 1.165) is 6.42 Å². The lowest BCUT2D eigenvalue weighted by Gasteiger charge is -2.26. The monoisotopic (exact) mass is 196 g/mol. The van der Waals surface area contributed by atoms with E-state index in [4.69, 9.17) is 0 Å². The standard InChI is InChI=1S/C11H16OS/c1-8-6-11(13-7-8)9-4-2-3-5-10(9)12/h6-7,9-10,12H,2-5H2,1H3/t9-,10-/m1/s1. The van der Waals surface area contributed by atoms with Gasteiger partial charge in [-0.3, -0.25) is 0 Å². The Hall–Kier alpha value is -0.340. The number of aryl methyl sites for hydroxylation is 1. The second-order valence-electron chi connectivity index (χ2n) is 3.98. The molecule has 1 aliphatic rings. The third-order valence-corrected chi connectivity index (χ3v) is 4.03. The van der Waals surface area contributed by atoms with Gasteiger partial charge in [0.15, 0.2) is 0 Å². The minimum atomic E-state index is -0.0909. The molecule has 1 fully saturated rings. The van der Waals surface area contributed by atoms with Gasteiger partial charge in [-0.15, -0.1) is 11.3 Å². The molecule has 1 saturated carbocycles. The van der Waals surface area contributed by atoms with Crippen LogP contribution in [0.4, 0.5) is 0 Å². The molecule has 2 rings (SSSR count). The van der Waals surface area contributed by atoms with Crippen molar-refractivity contribution in [3.05, 3.63) is 21.9 Å². The van der Waals surface area contributed by atoms with E-state index in [2.05, 4.69) is 18.4 Å². The topological polar surface area (TPSA) is 20.2 Å². The molecule has 0 aromatic carbocycles. The van der Waals surface area contributed by atoms with E-state index in [-0.39, 0.29) is 6.10 Å². The van der Waals surface area contributed by atoms with Crippen molar-refractivity contribution in [3.63, 3.8) is 0 Å². The Balaban J connectivity index is 2.14. The largest absolute Gasteiger partial charge is 0.392 e. The van der Waals surface area contributed by atoms with Crippen molar-refractivity contribution in [1.29, 1.82) is 0 Å². The van der Waals surface area contributed by atoms with Crippen LogP contribution in [0.15, 0.2) is 11.4 Å². The first-order chi connectivity index (χ1) is 6.27. The van der Waals surface area contributed by atoms with Crippen LogP contribution in [0.1, 0.15) is 42.0 Å². The summed E-state index contributed by atoms with van der Waals surface area (Å²) < 4.78 is 0. The second kappa shape index (κ2) is 3.81. The fourth-order valence-corrected chi connectivity index (χ4v) is 3.18. The highest BCUT2D eigenvalue weighted by molar-refractivity contribution is 7.10. The average Bonchev–Trinajstić information content (AvgIpc) is 2.53. The van der Waals surface area contributed by atoms with Crippen LogP contribution in [0.2, 0.25) is 0 Å². The Labute approximate surface area is 83.4 Å². The quantitative estimate of drug-likeness (QED) is 0.732. The van der Waals surface area contributed by atoms with Crippen molar-refractivity contribution >= 4 is 11.3 Å². The molecule has 72 valence electrons. The van der Waals surface area contributed by atoms with Crippen LogP contribution in [0, 0.1) is 6.92 Å². The molecular weight excluding hydrogens is 180 g/mol. The summed E-state index contributed by atoms with van der Waals surface area (Å²) in [6.45, 7) is 2.12.